The van der Waals surface area contributed by atoms with Crippen molar-refractivity contribution in [1.82, 2.24) is 19.1 Å². The average molecular weight is 366 g/mol. The van der Waals surface area contributed by atoms with E-state index in [1.165, 1.54) is 4.57 Å². The molecule has 0 amide bonds. The molecule has 2 rings (SSSR count). The molecule has 0 fully saturated rings. The first-order valence-corrected chi connectivity index (χ1v) is 6.61. The fourth-order valence-electron chi connectivity index (χ4n) is 1.63. The van der Waals surface area contributed by atoms with Crippen LogP contribution in [0.3, 0.4) is 0 Å². The van der Waals surface area contributed by atoms with Gasteiger partial charge >= 0.3 is 5.69 Å². The molecule has 17 heavy (non-hydrogen) atoms. The molecular formula is C9H10Br2N4O2. The monoisotopic (exact) mass is 364 g/mol. The summed E-state index contributed by atoms with van der Waals surface area (Å²) < 4.78 is 3.58. The number of H-pyrrole nitrogens is 1. The summed E-state index contributed by atoms with van der Waals surface area (Å²) in [5, 5.41) is 0. The second-order valence-corrected chi connectivity index (χ2v) is 6.04. The van der Waals surface area contributed by atoms with Crippen molar-refractivity contribution in [2.24, 2.45) is 7.05 Å². The van der Waals surface area contributed by atoms with Crippen molar-refractivity contribution in [2.75, 3.05) is 0 Å². The number of aromatic amines is 1. The number of imidazole rings is 1. The van der Waals surface area contributed by atoms with Crippen LogP contribution in [0.15, 0.2) is 14.3 Å². The predicted octanol–water partition coefficient (Wildman–Crippen LogP) is 0.969. The van der Waals surface area contributed by atoms with E-state index in [9.17, 15) is 9.59 Å². The van der Waals surface area contributed by atoms with E-state index >= 15 is 0 Å². The van der Waals surface area contributed by atoms with Crippen molar-refractivity contribution >= 4 is 43.0 Å². The van der Waals surface area contributed by atoms with Crippen LogP contribution < -0.4 is 11.2 Å². The lowest BCUT2D eigenvalue weighted by Gasteiger charge is -2.06. The maximum atomic E-state index is 11.8. The van der Waals surface area contributed by atoms with Crippen molar-refractivity contribution < 1.29 is 0 Å². The first-order chi connectivity index (χ1) is 7.91. The van der Waals surface area contributed by atoms with E-state index in [1.807, 2.05) is 6.92 Å². The molecule has 0 aliphatic carbocycles. The lowest BCUT2D eigenvalue weighted by molar-refractivity contribution is 0.698. The minimum Gasteiger partial charge on any atom is -0.312 e. The van der Waals surface area contributed by atoms with Gasteiger partial charge in [0.05, 0.1) is 0 Å². The Morgan fingerprint density at radius 1 is 1.47 bits per heavy atom. The van der Waals surface area contributed by atoms with Gasteiger partial charge in [-0.1, -0.05) is 22.9 Å². The van der Waals surface area contributed by atoms with Gasteiger partial charge < -0.3 is 4.57 Å². The maximum absolute atomic E-state index is 11.8. The van der Waals surface area contributed by atoms with Crippen LogP contribution in [0, 0.1) is 0 Å². The number of aromatic nitrogens is 4. The van der Waals surface area contributed by atoms with Gasteiger partial charge in [0, 0.05) is 18.4 Å². The fraction of sp³-hybridized carbons (Fsp3) is 0.444. The second kappa shape index (κ2) is 4.41. The first kappa shape index (κ1) is 12.6. The van der Waals surface area contributed by atoms with Gasteiger partial charge in [0.15, 0.2) is 15.9 Å². The van der Waals surface area contributed by atoms with Gasteiger partial charge in [-0.2, -0.15) is 0 Å². The van der Waals surface area contributed by atoms with Crippen molar-refractivity contribution in [3.63, 3.8) is 0 Å². The summed E-state index contributed by atoms with van der Waals surface area (Å²) in [7, 11) is 1.57. The highest BCUT2D eigenvalue weighted by atomic mass is 79.9. The SMILES string of the molecule is C[C@H](Br)Cn1c(Br)nc2c1c(=O)[nH]c(=O)n2C. The van der Waals surface area contributed by atoms with Crippen LogP contribution in [-0.2, 0) is 13.6 Å². The molecule has 0 aromatic carbocycles. The van der Waals surface area contributed by atoms with E-state index in [2.05, 4.69) is 41.8 Å². The molecular weight excluding hydrogens is 356 g/mol. The zero-order valence-electron chi connectivity index (χ0n) is 9.20. The minimum absolute atomic E-state index is 0.188. The van der Waals surface area contributed by atoms with Gasteiger partial charge in [-0.15, -0.1) is 0 Å². The van der Waals surface area contributed by atoms with Gasteiger partial charge in [-0.25, -0.2) is 9.78 Å². The Morgan fingerprint density at radius 2 is 2.12 bits per heavy atom. The molecule has 2 aromatic rings. The summed E-state index contributed by atoms with van der Waals surface area (Å²) in [5.41, 5.74) is -0.120. The zero-order chi connectivity index (χ0) is 12.7. The van der Waals surface area contributed by atoms with E-state index < -0.39 is 11.2 Å². The molecule has 0 saturated heterocycles. The first-order valence-electron chi connectivity index (χ1n) is 4.91. The smallest absolute Gasteiger partial charge is 0.312 e. The fourth-order valence-corrected chi connectivity index (χ4v) is 2.41. The molecule has 1 N–H and O–H groups in total. The molecule has 0 aliphatic heterocycles. The lowest BCUT2D eigenvalue weighted by Crippen LogP contribution is -2.29. The Bertz CT molecular complexity index is 683. The second-order valence-electron chi connectivity index (χ2n) is 3.76. The molecule has 8 heteroatoms. The summed E-state index contributed by atoms with van der Waals surface area (Å²) in [4.78, 5) is 29.9. The third kappa shape index (κ3) is 2.11. The third-order valence-corrected chi connectivity index (χ3v) is 3.29. The summed E-state index contributed by atoms with van der Waals surface area (Å²) in [6.07, 6.45) is 0. The molecule has 0 bridgehead atoms. The standard InChI is InChI=1S/C9H10Br2N4O2/c1-4(10)3-15-5-6(12-8(15)11)14(2)9(17)13-7(5)16/h4H,3H2,1-2H3,(H,13,16,17)/t4-/m0/s1. The maximum Gasteiger partial charge on any atom is 0.329 e. The van der Waals surface area contributed by atoms with E-state index in [1.54, 1.807) is 11.6 Å². The number of aryl methyl sites for hydroxylation is 1. The van der Waals surface area contributed by atoms with Gasteiger partial charge in [0.1, 0.15) is 0 Å². The minimum atomic E-state index is -0.466. The zero-order valence-corrected chi connectivity index (χ0v) is 12.4. The molecule has 0 aliphatic rings. The van der Waals surface area contributed by atoms with E-state index in [0.717, 1.165) is 0 Å². The number of halogens is 2. The Labute approximate surface area is 113 Å². The normalized spacial score (nSPS) is 13.2. The van der Waals surface area contributed by atoms with Gasteiger partial charge in [0.2, 0.25) is 0 Å². The highest BCUT2D eigenvalue weighted by molar-refractivity contribution is 9.10. The molecule has 2 aromatic heterocycles. The molecule has 0 unspecified atom stereocenters. The number of nitrogens with one attached hydrogen (secondary N) is 1. The van der Waals surface area contributed by atoms with Crippen LogP contribution in [0.25, 0.3) is 11.2 Å². The Balaban J connectivity index is 2.87. The van der Waals surface area contributed by atoms with Crippen molar-refractivity contribution in [3.05, 3.63) is 25.6 Å². The third-order valence-electron chi connectivity index (χ3n) is 2.39. The molecule has 0 saturated carbocycles. The van der Waals surface area contributed by atoms with Crippen molar-refractivity contribution in [2.45, 2.75) is 18.3 Å². The highest BCUT2D eigenvalue weighted by Crippen LogP contribution is 2.17. The van der Waals surface area contributed by atoms with E-state index in [-0.39, 0.29) is 4.83 Å². The topological polar surface area (TPSA) is 72.7 Å². The average Bonchev–Trinajstić information content (AvgIpc) is 2.53. The van der Waals surface area contributed by atoms with Gasteiger partial charge in [-0.3, -0.25) is 14.3 Å². The molecule has 1 atom stereocenters. The molecule has 2 heterocycles. The van der Waals surface area contributed by atoms with Crippen molar-refractivity contribution in [1.29, 1.82) is 0 Å². The number of hydrogen-bond donors (Lipinski definition) is 1. The Morgan fingerprint density at radius 3 is 2.71 bits per heavy atom. The number of rotatable bonds is 2. The van der Waals surface area contributed by atoms with Crippen LogP contribution in [-0.4, -0.2) is 23.9 Å². The summed E-state index contributed by atoms with van der Waals surface area (Å²) in [6, 6.07) is 0. The van der Waals surface area contributed by atoms with E-state index in [4.69, 9.17) is 0 Å². The van der Waals surface area contributed by atoms with E-state index in [0.29, 0.717) is 22.4 Å². The van der Waals surface area contributed by atoms with Crippen molar-refractivity contribution in [3.8, 4) is 0 Å². The number of hydrogen-bond acceptors (Lipinski definition) is 3. The summed E-state index contributed by atoms with van der Waals surface area (Å²) in [6.45, 7) is 2.55. The number of alkyl halides is 1. The van der Waals surface area contributed by atoms with Crippen LogP contribution >= 0.6 is 31.9 Å². The van der Waals surface area contributed by atoms with Crippen LogP contribution in [0.4, 0.5) is 0 Å². The molecule has 6 nitrogen and oxygen atoms in total. The highest BCUT2D eigenvalue weighted by Gasteiger charge is 2.16. The predicted molar refractivity (Wildman–Crippen MR) is 71.7 cm³/mol. The quantitative estimate of drug-likeness (QED) is 0.636. The molecule has 0 spiro atoms. The van der Waals surface area contributed by atoms with Crippen LogP contribution in [0.5, 0.6) is 0 Å². The Hall–Kier alpha value is -0.890. The van der Waals surface area contributed by atoms with Crippen LogP contribution in [0.2, 0.25) is 0 Å². The summed E-state index contributed by atoms with van der Waals surface area (Å²) in [5.74, 6) is 0. The van der Waals surface area contributed by atoms with Gasteiger partial charge in [0.25, 0.3) is 5.56 Å². The molecule has 0 radical (unpaired) electrons. The molecule has 92 valence electrons. The lowest BCUT2D eigenvalue weighted by atomic mass is 10.4. The number of nitrogens with zero attached hydrogens (tertiary/aromatic N) is 3. The Kier molecular flexibility index (Phi) is 3.26. The van der Waals surface area contributed by atoms with Crippen LogP contribution in [0.1, 0.15) is 6.92 Å². The largest absolute Gasteiger partial charge is 0.329 e. The summed E-state index contributed by atoms with van der Waals surface area (Å²) >= 11 is 6.72. The van der Waals surface area contributed by atoms with Gasteiger partial charge in [-0.05, 0) is 15.9 Å². The number of fused-ring (bicyclic) bond motifs is 1.